The van der Waals surface area contributed by atoms with Crippen molar-refractivity contribution >= 4 is 66.4 Å². The molecule has 6 nitrogen and oxygen atoms in total. The molecule has 0 spiro atoms. The van der Waals surface area contributed by atoms with Gasteiger partial charge in [0.2, 0.25) is 0 Å². The monoisotopic (exact) mass is 1210 g/mol. The minimum absolute atomic E-state index is 0. The fraction of sp³-hybridized carbons (Fsp3) is 0.167. The van der Waals surface area contributed by atoms with E-state index < -0.39 is 0 Å². The van der Waals surface area contributed by atoms with E-state index in [1.807, 2.05) is 18.3 Å². The van der Waals surface area contributed by atoms with Gasteiger partial charge in [0.05, 0.1) is 11.0 Å². The van der Waals surface area contributed by atoms with Gasteiger partial charge in [-0.1, -0.05) is 177 Å². The number of hydrogen-bond acceptors (Lipinski definition) is 4. The van der Waals surface area contributed by atoms with Crippen molar-refractivity contribution in [3.63, 3.8) is 0 Å². The molecule has 7 heteroatoms. The standard InChI is InChI=1S/C72H62N5O.Pt/c1-70(2,3)50-36-37-73-68(43-50)77-65-35-32-48(47-20-11-10-12-21-47)39-62(65)61-34-33-57(45-67(61)77)78-56-25-18-23-53(44-56)74-46-75(55-41-51(71(4,5)6)40-52(42-55)72(7,8)9)69-58(28-19-31-66(69)74)49-22-17-24-54(38-49)76-63-29-15-13-26-59(63)60-27-14-16-30-64(60)76;/h10-43,46H,1-9H3;/q-3;. The first-order valence-electron chi connectivity index (χ1n) is 27.1. The van der Waals surface area contributed by atoms with Crippen LogP contribution in [0.2, 0.25) is 0 Å². The van der Waals surface area contributed by atoms with Crippen LogP contribution >= 0.6 is 0 Å². The SMILES string of the molecule is CC(C)(C)c1cc(N2[CH-]N(c3[c-]c(Oc4[c-]c5c(cc4)c4cc(-c6ccccc6)ccc4n5-c4cc(C(C)(C)C)ccn4)ccc3)c3cccc(-c4cccc(-n5c6ccccc6c6ccccc65)c4)c32)cc(C(C)(C)C)c1.[Pt]. The summed E-state index contributed by atoms with van der Waals surface area (Å²) in [4.78, 5) is 9.61. The van der Waals surface area contributed by atoms with Gasteiger partial charge in [0.1, 0.15) is 5.82 Å². The summed E-state index contributed by atoms with van der Waals surface area (Å²) in [5, 5.41) is 4.68. The van der Waals surface area contributed by atoms with Gasteiger partial charge in [0.25, 0.3) is 0 Å². The molecule has 79 heavy (non-hydrogen) atoms. The third kappa shape index (κ3) is 9.30. The zero-order valence-corrected chi connectivity index (χ0v) is 48.4. The van der Waals surface area contributed by atoms with E-state index in [1.54, 1.807) is 0 Å². The molecular weight excluding hydrogens is 1150 g/mol. The van der Waals surface area contributed by atoms with Gasteiger partial charge in [-0.25, -0.2) is 4.98 Å². The second-order valence-electron chi connectivity index (χ2n) is 23.9. The van der Waals surface area contributed by atoms with Gasteiger partial charge in [-0.15, -0.1) is 48.1 Å². The Labute approximate surface area is 478 Å². The van der Waals surface area contributed by atoms with E-state index in [-0.39, 0.29) is 37.3 Å². The van der Waals surface area contributed by atoms with Crippen LogP contribution in [0.3, 0.4) is 0 Å². The van der Waals surface area contributed by atoms with Gasteiger partial charge in [0.15, 0.2) is 0 Å². The summed E-state index contributed by atoms with van der Waals surface area (Å²) in [6, 6.07) is 79.5. The van der Waals surface area contributed by atoms with Crippen LogP contribution in [0.4, 0.5) is 22.7 Å². The number of aromatic nitrogens is 3. The van der Waals surface area contributed by atoms with Crippen LogP contribution < -0.4 is 14.5 Å². The molecule has 0 bridgehead atoms. The van der Waals surface area contributed by atoms with E-state index >= 15 is 0 Å². The summed E-state index contributed by atoms with van der Waals surface area (Å²) < 4.78 is 11.5. The average molecular weight is 1210 g/mol. The van der Waals surface area contributed by atoms with Gasteiger partial charge in [-0.2, -0.15) is 12.1 Å². The van der Waals surface area contributed by atoms with Crippen LogP contribution in [0.15, 0.2) is 206 Å². The molecule has 1 aliphatic heterocycles. The molecule has 0 fully saturated rings. The second kappa shape index (κ2) is 19.6. The number of pyridine rings is 1. The maximum absolute atomic E-state index is 6.85. The van der Waals surface area contributed by atoms with E-state index in [2.05, 4.69) is 288 Å². The van der Waals surface area contributed by atoms with Crippen LogP contribution in [0.25, 0.3) is 77.4 Å². The first kappa shape index (κ1) is 51.6. The molecule has 0 N–H and O–H groups in total. The van der Waals surface area contributed by atoms with Crippen molar-refractivity contribution in [2.75, 3.05) is 9.80 Å². The van der Waals surface area contributed by atoms with Crippen molar-refractivity contribution in [2.45, 2.75) is 78.6 Å². The third-order valence-electron chi connectivity index (χ3n) is 15.5. The summed E-state index contributed by atoms with van der Waals surface area (Å²) in [5.74, 6) is 2.00. The third-order valence-corrected chi connectivity index (χ3v) is 15.5. The molecule has 0 atom stereocenters. The topological polar surface area (TPSA) is 38.5 Å². The molecule has 0 aliphatic carbocycles. The maximum atomic E-state index is 6.85. The molecule has 0 saturated carbocycles. The zero-order chi connectivity index (χ0) is 53.7. The number of benzene rings is 9. The van der Waals surface area contributed by atoms with Crippen molar-refractivity contribution in [3.05, 3.63) is 242 Å². The number of ether oxygens (including phenoxy) is 1. The quantitative estimate of drug-likeness (QED) is 0.142. The Morgan fingerprint density at radius 3 is 1.77 bits per heavy atom. The Morgan fingerprint density at radius 2 is 1.06 bits per heavy atom. The number of fused-ring (bicyclic) bond motifs is 7. The van der Waals surface area contributed by atoms with E-state index in [4.69, 9.17) is 9.72 Å². The number of anilines is 4. The van der Waals surface area contributed by atoms with Gasteiger partial charge in [-0.05, 0) is 116 Å². The Kier molecular flexibility index (Phi) is 12.8. The average Bonchev–Trinajstić information content (AvgIpc) is 4.26. The van der Waals surface area contributed by atoms with Crippen molar-refractivity contribution in [3.8, 4) is 45.3 Å². The molecule has 3 aromatic heterocycles. The van der Waals surface area contributed by atoms with E-state index in [0.29, 0.717) is 11.5 Å². The molecule has 13 rings (SSSR count). The molecule has 0 saturated heterocycles. The minimum atomic E-state index is -0.0830. The molecule has 12 aromatic rings. The molecule has 9 aromatic carbocycles. The smallest absolute Gasteiger partial charge is 0.135 e. The van der Waals surface area contributed by atoms with Crippen molar-refractivity contribution in [1.82, 2.24) is 14.1 Å². The van der Waals surface area contributed by atoms with Crippen LogP contribution in [0.1, 0.15) is 79.0 Å². The van der Waals surface area contributed by atoms with E-state index in [0.717, 1.165) is 72.8 Å². The van der Waals surface area contributed by atoms with Crippen molar-refractivity contribution < 1.29 is 25.8 Å². The van der Waals surface area contributed by atoms with Crippen LogP contribution in [-0.2, 0) is 37.3 Å². The summed E-state index contributed by atoms with van der Waals surface area (Å²) in [5.41, 5.74) is 17.6. The van der Waals surface area contributed by atoms with Crippen LogP contribution in [-0.4, -0.2) is 14.1 Å². The number of hydrogen-bond donors (Lipinski definition) is 0. The number of rotatable bonds is 8. The summed E-state index contributed by atoms with van der Waals surface area (Å²) in [6.45, 7) is 22.8. The Bertz CT molecular complexity index is 4210. The van der Waals surface area contributed by atoms with Crippen LogP contribution in [0.5, 0.6) is 11.5 Å². The molecular formula is C72H62N5OPt-3. The predicted octanol–water partition coefficient (Wildman–Crippen LogP) is 19.3. The van der Waals surface area contributed by atoms with Gasteiger partial charge in [-0.3, -0.25) is 0 Å². The Hall–Kier alpha value is -8.18. The Morgan fingerprint density at radius 1 is 0.430 bits per heavy atom. The molecule has 0 radical (unpaired) electrons. The maximum Gasteiger partial charge on any atom is 0.135 e. The molecule has 394 valence electrons. The summed E-state index contributed by atoms with van der Waals surface area (Å²) in [7, 11) is 0. The van der Waals surface area contributed by atoms with Crippen molar-refractivity contribution in [2.24, 2.45) is 0 Å². The molecule has 0 amide bonds. The first-order valence-corrected chi connectivity index (χ1v) is 27.1. The first-order chi connectivity index (χ1) is 37.5. The van der Waals surface area contributed by atoms with Crippen LogP contribution in [0, 0.1) is 18.8 Å². The predicted molar refractivity (Wildman–Crippen MR) is 326 cm³/mol. The molecule has 1 aliphatic rings. The number of nitrogens with zero attached hydrogens (tertiary/aromatic N) is 5. The fourth-order valence-electron chi connectivity index (χ4n) is 11.3. The van der Waals surface area contributed by atoms with Gasteiger partial charge >= 0.3 is 0 Å². The number of para-hydroxylation sites is 3. The summed E-state index contributed by atoms with van der Waals surface area (Å²) >= 11 is 0. The summed E-state index contributed by atoms with van der Waals surface area (Å²) in [6.07, 6.45) is 1.92. The van der Waals surface area contributed by atoms with Gasteiger partial charge < -0.3 is 23.7 Å². The minimum Gasteiger partial charge on any atom is -0.509 e. The largest absolute Gasteiger partial charge is 0.509 e. The van der Waals surface area contributed by atoms with E-state index in [9.17, 15) is 0 Å². The van der Waals surface area contributed by atoms with Gasteiger partial charge in [0, 0.05) is 83.4 Å². The Balaban J connectivity index is 0.00000623. The van der Waals surface area contributed by atoms with E-state index in [1.165, 1.54) is 44.1 Å². The zero-order valence-electron chi connectivity index (χ0n) is 46.2. The normalized spacial score (nSPS) is 12.9. The molecule has 0 unspecified atom stereocenters. The fourth-order valence-corrected chi connectivity index (χ4v) is 11.3. The van der Waals surface area contributed by atoms with Crippen molar-refractivity contribution in [1.29, 1.82) is 0 Å². The second-order valence-corrected chi connectivity index (χ2v) is 23.9. The molecule has 4 heterocycles.